The van der Waals surface area contributed by atoms with E-state index in [1.165, 1.54) is 37.4 Å². The molecule has 1 aromatic heterocycles. The van der Waals surface area contributed by atoms with E-state index in [-0.39, 0.29) is 27.5 Å². The standard InChI is InChI=1S/C14H10Cl3N3O2/c1-7(21)19-12-4-8(2-3-18-12)14(22)20-13-10(16)5-9(15)6-11(13)17/h2-6H,1H3,(H,20,22)(H,18,19,21). The zero-order chi connectivity index (χ0) is 16.3. The summed E-state index contributed by atoms with van der Waals surface area (Å²) in [6.45, 7) is 1.35. The number of halogens is 3. The fourth-order valence-electron chi connectivity index (χ4n) is 1.67. The first-order chi connectivity index (χ1) is 10.4. The Morgan fingerprint density at radius 3 is 2.27 bits per heavy atom. The Morgan fingerprint density at radius 2 is 1.68 bits per heavy atom. The van der Waals surface area contributed by atoms with Crippen LogP contribution in [0, 0.1) is 0 Å². The predicted octanol–water partition coefficient (Wildman–Crippen LogP) is 4.25. The van der Waals surface area contributed by atoms with Gasteiger partial charge in [-0.25, -0.2) is 4.98 Å². The van der Waals surface area contributed by atoms with Crippen molar-refractivity contribution in [1.82, 2.24) is 4.98 Å². The van der Waals surface area contributed by atoms with Gasteiger partial charge in [0.25, 0.3) is 5.91 Å². The zero-order valence-corrected chi connectivity index (χ0v) is 13.6. The Labute approximate surface area is 141 Å². The molecule has 2 rings (SSSR count). The van der Waals surface area contributed by atoms with Crippen LogP contribution in [0.2, 0.25) is 15.1 Å². The second kappa shape index (κ2) is 6.96. The van der Waals surface area contributed by atoms with Crippen molar-refractivity contribution in [1.29, 1.82) is 0 Å². The largest absolute Gasteiger partial charge is 0.319 e. The zero-order valence-electron chi connectivity index (χ0n) is 11.3. The highest BCUT2D eigenvalue weighted by Crippen LogP contribution is 2.33. The van der Waals surface area contributed by atoms with Gasteiger partial charge in [-0.05, 0) is 24.3 Å². The maximum absolute atomic E-state index is 12.2. The van der Waals surface area contributed by atoms with Crippen LogP contribution in [0.5, 0.6) is 0 Å². The molecule has 0 aliphatic rings. The average molecular weight is 359 g/mol. The fourth-order valence-corrected chi connectivity index (χ4v) is 2.58. The minimum Gasteiger partial charge on any atom is -0.319 e. The molecular formula is C14H10Cl3N3O2. The second-order valence-corrected chi connectivity index (χ2v) is 5.56. The maximum atomic E-state index is 12.2. The number of aromatic nitrogens is 1. The molecule has 0 atom stereocenters. The van der Waals surface area contributed by atoms with Gasteiger partial charge >= 0.3 is 0 Å². The lowest BCUT2D eigenvalue weighted by molar-refractivity contribution is -0.114. The summed E-state index contributed by atoms with van der Waals surface area (Å²) < 4.78 is 0. The quantitative estimate of drug-likeness (QED) is 0.861. The highest BCUT2D eigenvalue weighted by atomic mass is 35.5. The molecule has 0 aliphatic heterocycles. The molecule has 0 radical (unpaired) electrons. The summed E-state index contributed by atoms with van der Waals surface area (Å²) in [7, 11) is 0. The van der Waals surface area contributed by atoms with Gasteiger partial charge in [0.1, 0.15) is 5.82 Å². The van der Waals surface area contributed by atoms with Gasteiger partial charge in [-0.15, -0.1) is 0 Å². The summed E-state index contributed by atoms with van der Waals surface area (Å²) in [5, 5.41) is 5.91. The number of benzene rings is 1. The number of nitrogens with one attached hydrogen (secondary N) is 2. The van der Waals surface area contributed by atoms with E-state index < -0.39 is 5.91 Å². The smallest absolute Gasteiger partial charge is 0.255 e. The topological polar surface area (TPSA) is 71.1 Å². The molecular weight excluding hydrogens is 349 g/mol. The fraction of sp³-hybridized carbons (Fsp3) is 0.0714. The molecule has 0 saturated heterocycles. The van der Waals surface area contributed by atoms with Crippen molar-refractivity contribution < 1.29 is 9.59 Å². The molecule has 2 N–H and O–H groups in total. The third kappa shape index (κ3) is 4.10. The summed E-state index contributed by atoms with van der Waals surface area (Å²) in [6, 6.07) is 5.88. The van der Waals surface area contributed by atoms with Crippen molar-refractivity contribution in [3.63, 3.8) is 0 Å². The molecule has 1 heterocycles. The summed E-state index contributed by atoms with van der Waals surface area (Å²) in [6.07, 6.45) is 1.41. The van der Waals surface area contributed by atoms with Crippen molar-refractivity contribution in [3.05, 3.63) is 51.1 Å². The van der Waals surface area contributed by atoms with Crippen LogP contribution in [0.4, 0.5) is 11.5 Å². The number of nitrogens with zero attached hydrogens (tertiary/aromatic N) is 1. The lowest BCUT2D eigenvalue weighted by Gasteiger charge is -2.10. The second-order valence-electron chi connectivity index (χ2n) is 4.31. The first-order valence-corrected chi connectivity index (χ1v) is 7.19. The highest BCUT2D eigenvalue weighted by Gasteiger charge is 2.13. The third-order valence-corrected chi connectivity index (χ3v) is 3.39. The predicted molar refractivity (Wildman–Crippen MR) is 88.0 cm³/mol. The number of hydrogen-bond donors (Lipinski definition) is 2. The number of pyridine rings is 1. The molecule has 2 aromatic rings. The molecule has 22 heavy (non-hydrogen) atoms. The molecule has 0 unspecified atom stereocenters. The van der Waals surface area contributed by atoms with Gasteiger partial charge in [0.05, 0.1) is 15.7 Å². The van der Waals surface area contributed by atoms with E-state index in [2.05, 4.69) is 15.6 Å². The number of anilines is 2. The summed E-state index contributed by atoms with van der Waals surface area (Å²) in [5.74, 6) is -0.456. The van der Waals surface area contributed by atoms with Crippen molar-refractivity contribution >= 4 is 58.1 Å². The van der Waals surface area contributed by atoms with Gasteiger partial charge in [0, 0.05) is 23.7 Å². The van der Waals surface area contributed by atoms with Crippen LogP contribution in [-0.4, -0.2) is 16.8 Å². The summed E-state index contributed by atoms with van der Waals surface area (Å²) in [5.41, 5.74) is 0.552. The number of hydrogen-bond acceptors (Lipinski definition) is 3. The Bertz CT molecular complexity index is 727. The normalized spacial score (nSPS) is 10.2. The van der Waals surface area contributed by atoms with Gasteiger partial charge in [-0.2, -0.15) is 0 Å². The minimum absolute atomic E-state index is 0.224. The molecule has 5 nitrogen and oxygen atoms in total. The molecule has 0 bridgehead atoms. The van der Waals surface area contributed by atoms with Crippen molar-refractivity contribution in [2.24, 2.45) is 0 Å². The van der Waals surface area contributed by atoms with Crippen LogP contribution in [0.25, 0.3) is 0 Å². The van der Waals surface area contributed by atoms with Gasteiger partial charge in [0.15, 0.2) is 0 Å². The van der Waals surface area contributed by atoms with Gasteiger partial charge in [-0.3, -0.25) is 9.59 Å². The van der Waals surface area contributed by atoms with Crippen LogP contribution < -0.4 is 10.6 Å². The summed E-state index contributed by atoms with van der Waals surface area (Å²) in [4.78, 5) is 27.2. The van der Waals surface area contributed by atoms with E-state index in [1.807, 2.05) is 0 Å². The lowest BCUT2D eigenvalue weighted by Crippen LogP contribution is -2.14. The van der Waals surface area contributed by atoms with Gasteiger partial charge in [0.2, 0.25) is 5.91 Å². The third-order valence-electron chi connectivity index (χ3n) is 2.57. The van der Waals surface area contributed by atoms with E-state index in [4.69, 9.17) is 34.8 Å². The first kappa shape index (κ1) is 16.5. The average Bonchev–Trinajstić information content (AvgIpc) is 2.42. The minimum atomic E-state index is -0.444. The molecule has 1 aromatic carbocycles. The molecule has 2 amide bonds. The van der Waals surface area contributed by atoms with Crippen LogP contribution in [-0.2, 0) is 4.79 Å². The van der Waals surface area contributed by atoms with Gasteiger partial charge in [-0.1, -0.05) is 34.8 Å². The molecule has 0 fully saturated rings. The van der Waals surface area contributed by atoms with E-state index in [0.717, 1.165) is 0 Å². The van der Waals surface area contributed by atoms with E-state index >= 15 is 0 Å². The molecule has 8 heteroatoms. The van der Waals surface area contributed by atoms with Crippen LogP contribution >= 0.6 is 34.8 Å². The molecule has 114 valence electrons. The Kier molecular flexibility index (Phi) is 5.24. The number of amides is 2. The van der Waals surface area contributed by atoms with Crippen molar-refractivity contribution in [3.8, 4) is 0 Å². The lowest BCUT2D eigenvalue weighted by atomic mass is 10.2. The molecule has 0 aliphatic carbocycles. The molecule has 0 spiro atoms. The molecule has 0 saturated carbocycles. The number of carbonyl (C=O) groups is 2. The van der Waals surface area contributed by atoms with Crippen LogP contribution in [0.15, 0.2) is 30.5 Å². The number of rotatable bonds is 3. The Balaban J connectivity index is 2.25. The Morgan fingerprint density at radius 1 is 1.05 bits per heavy atom. The van der Waals surface area contributed by atoms with E-state index in [0.29, 0.717) is 10.6 Å². The van der Waals surface area contributed by atoms with Crippen molar-refractivity contribution in [2.45, 2.75) is 6.92 Å². The van der Waals surface area contributed by atoms with Crippen molar-refractivity contribution in [2.75, 3.05) is 10.6 Å². The van der Waals surface area contributed by atoms with Crippen LogP contribution in [0.3, 0.4) is 0 Å². The van der Waals surface area contributed by atoms with Crippen LogP contribution in [0.1, 0.15) is 17.3 Å². The van der Waals surface area contributed by atoms with E-state index in [1.54, 1.807) is 0 Å². The Hall–Kier alpha value is -1.82. The maximum Gasteiger partial charge on any atom is 0.255 e. The SMILES string of the molecule is CC(=O)Nc1cc(C(=O)Nc2c(Cl)cc(Cl)cc2Cl)ccn1. The number of carbonyl (C=O) groups excluding carboxylic acids is 2. The summed E-state index contributed by atoms with van der Waals surface area (Å²) >= 11 is 17.8. The monoisotopic (exact) mass is 357 g/mol. The van der Waals surface area contributed by atoms with Gasteiger partial charge < -0.3 is 10.6 Å². The highest BCUT2D eigenvalue weighted by molar-refractivity contribution is 6.42. The van der Waals surface area contributed by atoms with E-state index in [9.17, 15) is 9.59 Å². The first-order valence-electron chi connectivity index (χ1n) is 6.06.